The first-order valence-electron chi connectivity index (χ1n) is 5.15. The van der Waals surface area contributed by atoms with Gasteiger partial charge >= 0.3 is 0 Å². The predicted octanol–water partition coefficient (Wildman–Crippen LogP) is 2.17. The Morgan fingerprint density at radius 3 is 2.71 bits per heavy atom. The Hall–Kier alpha value is -0.140. The first-order chi connectivity index (χ1) is 7.93. The number of benzene rings is 1. The van der Waals surface area contributed by atoms with Gasteiger partial charge in [-0.3, -0.25) is 0 Å². The first-order valence-corrected chi connectivity index (χ1v) is 7.76. The molecule has 1 unspecified atom stereocenters. The Balaban J connectivity index is 2.41. The van der Waals surface area contributed by atoms with Crippen molar-refractivity contribution in [2.24, 2.45) is 5.73 Å². The topological polar surface area (TPSA) is 63.4 Å². The minimum absolute atomic E-state index is 0.214. The van der Waals surface area contributed by atoms with Crippen molar-refractivity contribution in [3.8, 4) is 0 Å². The quantitative estimate of drug-likeness (QED) is 0.898. The van der Waals surface area contributed by atoms with Gasteiger partial charge in [0.25, 0.3) is 0 Å². The second-order valence-corrected chi connectivity index (χ2v) is 7.05. The highest BCUT2D eigenvalue weighted by molar-refractivity contribution is 9.10. The summed E-state index contributed by atoms with van der Waals surface area (Å²) in [6.07, 6.45) is 1.08. The maximum atomic E-state index is 12.3. The number of halogens is 2. The van der Waals surface area contributed by atoms with Gasteiger partial charge in [-0.15, -0.1) is 0 Å². The molecule has 0 radical (unpaired) electrons. The number of hydrogen-bond acceptors (Lipinski definition) is 3. The van der Waals surface area contributed by atoms with E-state index in [1.54, 1.807) is 6.07 Å². The highest BCUT2D eigenvalue weighted by atomic mass is 79.9. The average molecular weight is 340 g/mol. The Morgan fingerprint density at radius 1 is 1.47 bits per heavy atom. The largest absolute Gasteiger partial charge is 0.315 e. The van der Waals surface area contributed by atoms with E-state index in [2.05, 4.69) is 15.9 Å². The molecular formula is C10H12BrClN2O2S. The third kappa shape index (κ3) is 2.51. The molecule has 1 atom stereocenters. The molecule has 0 saturated carbocycles. The fraction of sp³-hybridized carbons (Fsp3) is 0.400. The molecule has 94 valence electrons. The second kappa shape index (κ2) is 4.85. The van der Waals surface area contributed by atoms with E-state index in [0.29, 0.717) is 22.5 Å². The van der Waals surface area contributed by atoms with E-state index >= 15 is 0 Å². The standard InChI is InChI=1S/C10H12BrClN2O2S/c11-8-6-7(3-4-9(8)12)17(15,16)14-5-1-2-10(14)13/h3-4,6,10H,1-2,5,13H2. The van der Waals surface area contributed by atoms with Crippen LogP contribution in [0.4, 0.5) is 0 Å². The van der Waals surface area contributed by atoms with Gasteiger partial charge in [0.2, 0.25) is 10.0 Å². The molecule has 1 aromatic carbocycles. The van der Waals surface area contributed by atoms with E-state index in [9.17, 15) is 8.42 Å². The number of sulfonamides is 1. The van der Waals surface area contributed by atoms with Gasteiger partial charge in [0.15, 0.2) is 0 Å². The number of nitrogens with zero attached hydrogens (tertiary/aromatic N) is 1. The molecule has 0 amide bonds. The molecule has 2 N–H and O–H groups in total. The van der Waals surface area contributed by atoms with Crippen molar-refractivity contribution in [1.82, 2.24) is 4.31 Å². The van der Waals surface area contributed by atoms with Crippen LogP contribution in [0.1, 0.15) is 12.8 Å². The molecule has 1 fully saturated rings. The highest BCUT2D eigenvalue weighted by Crippen LogP contribution is 2.29. The van der Waals surface area contributed by atoms with E-state index in [1.807, 2.05) is 0 Å². The molecule has 17 heavy (non-hydrogen) atoms. The molecule has 0 spiro atoms. The molecule has 1 aliphatic rings. The van der Waals surface area contributed by atoms with Crippen LogP contribution in [0.5, 0.6) is 0 Å². The normalized spacial score (nSPS) is 21.9. The van der Waals surface area contributed by atoms with Gasteiger partial charge in [-0.2, -0.15) is 4.31 Å². The van der Waals surface area contributed by atoms with Crippen LogP contribution in [-0.4, -0.2) is 25.4 Å². The van der Waals surface area contributed by atoms with Crippen LogP contribution in [0.2, 0.25) is 5.02 Å². The summed E-state index contributed by atoms with van der Waals surface area (Å²) in [5.74, 6) is 0. The smallest absolute Gasteiger partial charge is 0.244 e. The molecule has 1 aromatic rings. The summed E-state index contributed by atoms with van der Waals surface area (Å²) < 4.78 is 26.5. The number of hydrogen-bond donors (Lipinski definition) is 1. The Labute approximate surface area is 114 Å². The Morgan fingerprint density at radius 2 is 2.18 bits per heavy atom. The minimum Gasteiger partial charge on any atom is -0.315 e. The molecule has 1 heterocycles. The monoisotopic (exact) mass is 338 g/mol. The lowest BCUT2D eigenvalue weighted by Crippen LogP contribution is -2.40. The molecule has 2 rings (SSSR count). The minimum atomic E-state index is -3.51. The van der Waals surface area contributed by atoms with E-state index in [-0.39, 0.29) is 4.90 Å². The van der Waals surface area contributed by atoms with Crippen LogP contribution >= 0.6 is 27.5 Å². The highest BCUT2D eigenvalue weighted by Gasteiger charge is 2.33. The van der Waals surface area contributed by atoms with Gasteiger partial charge in [0.1, 0.15) is 0 Å². The van der Waals surface area contributed by atoms with Crippen LogP contribution in [0.3, 0.4) is 0 Å². The summed E-state index contributed by atoms with van der Waals surface area (Å²) in [4.78, 5) is 0.214. The van der Waals surface area contributed by atoms with Crippen molar-refractivity contribution >= 4 is 37.6 Å². The Bertz CT molecular complexity index is 535. The maximum absolute atomic E-state index is 12.3. The first kappa shape index (κ1) is 13.3. The third-order valence-electron chi connectivity index (χ3n) is 2.75. The van der Waals surface area contributed by atoms with Crippen LogP contribution in [-0.2, 0) is 10.0 Å². The van der Waals surface area contributed by atoms with Crippen molar-refractivity contribution in [2.45, 2.75) is 23.9 Å². The van der Waals surface area contributed by atoms with Crippen molar-refractivity contribution < 1.29 is 8.42 Å². The lowest BCUT2D eigenvalue weighted by atomic mass is 10.3. The van der Waals surface area contributed by atoms with Crippen LogP contribution in [0.15, 0.2) is 27.6 Å². The second-order valence-electron chi connectivity index (χ2n) is 3.90. The predicted molar refractivity (Wildman–Crippen MR) is 70.3 cm³/mol. The van der Waals surface area contributed by atoms with Crippen molar-refractivity contribution in [1.29, 1.82) is 0 Å². The summed E-state index contributed by atoms with van der Waals surface area (Å²) >= 11 is 9.06. The summed E-state index contributed by atoms with van der Waals surface area (Å²) in [5.41, 5.74) is 5.78. The molecule has 4 nitrogen and oxygen atoms in total. The van der Waals surface area contributed by atoms with Gasteiger partial charge in [0.05, 0.1) is 16.1 Å². The van der Waals surface area contributed by atoms with Crippen LogP contribution < -0.4 is 5.73 Å². The number of rotatable bonds is 2. The van der Waals surface area contributed by atoms with Gasteiger partial charge < -0.3 is 5.73 Å². The molecule has 0 aliphatic carbocycles. The van der Waals surface area contributed by atoms with E-state index in [1.165, 1.54) is 16.4 Å². The average Bonchev–Trinajstić information content (AvgIpc) is 2.69. The lowest BCUT2D eigenvalue weighted by molar-refractivity contribution is 0.396. The zero-order valence-corrected chi connectivity index (χ0v) is 12.1. The van der Waals surface area contributed by atoms with Crippen molar-refractivity contribution in [3.63, 3.8) is 0 Å². The summed E-state index contributed by atoms with van der Waals surface area (Å²) in [5, 5.41) is 0.481. The van der Waals surface area contributed by atoms with Crippen molar-refractivity contribution in [2.75, 3.05) is 6.54 Å². The van der Waals surface area contributed by atoms with E-state index in [4.69, 9.17) is 17.3 Å². The molecule has 7 heteroatoms. The van der Waals surface area contributed by atoms with E-state index < -0.39 is 16.2 Å². The molecule has 0 aromatic heterocycles. The number of nitrogens with two attached hydrogens (primary N) is 1. The lowest BCUT2D eigenvalue weighted by Gasteiger charge is -2.20. The summed E-state index contributed by atoms with van der Waals surface area (Å²) in [6.45, 7) is 0.476. The third-order valence-corrected chi connectivity index (χ3v) is 5.88. The fourth-order valence-electron chi connectivity index (χ4n) is 1.84. The Kier molecular flexibility index (Phi) is 3.80. The summed E-state index contributed by atoms with van der Waals surface area (Å²) in [6, 6.07) is 4.55. The fourth-order valence-corrected chi connectivity index (χ4v) is 4.09. The van der Waals surface area contributed by atoms with Gasteiger partial charge in [-0.05, 0) is 47.0 Å². The van der Waals surface area contributed by atoms with Crippen molar-refractivity contribution in [3.05, 3.63) is 27.7 Å². The maximum Gasteiger partial charge on any atom is 0.244 e. The van der Waals surface area contributed by atoms with Crippen LogP contribution in [0.25, 0.3) is 0 Å². The summed E-state index contributed by atoms with van der Waals surface area (Å²) in [7, 11) is -3.51. The SMILES string of the molecule is NC1CCCN1S(=O)(=O)c1ccc(Cl)c(Br)c1. The van der Waals surface area contributed by atoms with Gasteiger partial charge in [-0.1, -0.05) is 11.6 Å². The van der Waals surface area contributed by atoms with Crippen LogP contribution in [0, 0.1) is 0 Å². The van der Waals surface area contributed by atoms with Gasteiger partial charge in [-0.25, -0.2) is 8.42 Å². The van der Waals surface area contributed by atoms with E-state index in [0.717, 1.165) is 6.42 Å². The zero-order chi connectivity index (χ0) is 12.6. The molecular weight excluding hydrogens is 328 g/mol. The zero-order valence-electron chi connectivity index (χ0n) is 8.94. The molecule has 1 saturated heterocycles. The molecule has 1 aliphatic heterocycles. The molecule has 0 bridgehead atoms. The van der Waals surface area contributed by atoms with Gasteiger partial charge in [0, 0.05) is 11.0 Å².